The molecule has 1 aromatic heterocycles. The largest absolute Gasteiger partial charge is 0.475 e. The minimum absolute atomic E-state index is 0.105. The van der Waals surface area contributed by atoms with Crippen molar-refractivity contribution >= 4 is 17.6 Å². The third-order valence-corrected chi connectivity index (χ3v) is 3.42. The van der Waals surface area contributed by atoms with E-state index >= 15 is 0 Å². The second-order valence-electron chi connectivity index (χ2n) is 5.13. The minimum atomic E-state index is -1.11. The van der Waals surface area contributed by atoms with E-state index in [1.165, 1.54) is 0 Å². The predicted octanol–water partition coefficient (Wildman–Crippen LogP) is 4.20. The van der Waals surface area contributed by atoms with Gasteiger partial charge in [-0.1, -0.05) is 37.6 Å². The molecule has 5 heteroatoms. The summed E-state index contributed by atoms with van der Waals surface area (Å²) >= 11 is 6.23. The van der Waals surface area contributed by atoms with Crippen LogP contribution in [-0.4, -0.2) is 16.1 Å². The van der Waals surface area contributed by atoms with Gasteiger partial charge in [-0.3, -0.25) is 0 Å². The fourth-order valence-corrected chi connectivity index (χ4v) is 2.18. The second kappa shape index (κ2) is 5.67. The molecule has 0 aliphatic heterocycles. The molecule has 0 unspecified atom stereocenters. The van der Waals surface area contributed by atoms with Gasteiger partial charge in [0.15, 0.2) is 0 Å². The fraction of sp³-hybridized carbons (Fsp3) is 0.333. The van der Waals surface area contributed by atoms with Gasteiger partial charge < -0.3 is 9.52 Å². The molecule has 2 rings (SSSR count). The molecule has 1 heterocycles. The first-order valence-electron chi connectivity index (χ1n) is 6.38. The Labute approximate surface area is 122 Å². The van der Waals surface area contributed by atoms with Crippen LogP contribution in [0.15, 0.2) is 22.6 Å². The number of halogens is 1. The second-order valence-corrected chi connectivity index (χ2v) is 5.51. The maximum atomic E-state index is 11.2. The molecule has 0 fully saturated rings. The standard InChI is InChI=1S/C15H16ClNO3/c1-8(2)7-11-13(15(18)19)20-14(17-11)10-6-4-5-9(3)12(10)16/h4-6,8H,7H2,1-3H3,(H,18,19). The lowest BCUT2D eigenvalue weighted by Gasteiger charge is -2.02. The number of aryl methyl sites for hydroxylation is 1. The number of carboxylic acids is 1. The third kappa shape index (κ3) is 2.85. The average Bonchev–Trinajstić information content (AvgIpc) is 2.75. The van der Waals surface area contributed by atoms with Crippen LogP contribution in [0.4, 0.5) is 0 Å². The van der Waals surface area contributed by atoms with Crippen LogP contribution in [0.25, 0.3) is 11.5 Å². The van der Waals surface area contributed by atoms with Crippen LogP contribution < -0.4 is 0 Å². The Hall–Kier alpha value is -1.81. The first-order valence-corrected chi connectivity index (χ1v) is 6.76. The summed E-state index contributed by atoms with van der Waals surface area (Å²) in [6.45, 7) is 5.88. The average molecular weight is 294 g/mol. The lowest BCUT2D eigenvalue weighted by Crippen LogP contribution is -2.03. The number of benzene rings is 1. The number of oxazole rings is 1. The summed E-state index contributed by atoms with van der Waals surface area (Å²) in [5.41, 5.74) is 1.97. The zero-order valence-electron chi connectivity index (χ0n) is 11.6. The van der Waals surface area contributed by atoms with Gasteiger partial charge in [0.2, 0.25) is 11.7 Å². The zero-order valence-corrected chi connectivity index (χ0v) is 12.4. The number of carbonyl (C=O) groups is 1. The van der Waals surface area contributed by atoms with Crippen LogP contribution in [0.5, 0.6) is 0 Å². The first-order chi connectivity index (χ1) is 9.40. The quantitative estimate of drug-likeness (QED) is 0.917. The Bertz CT molecular complexity index is 647. The highest BCUT2D eigenvalue weighted by molar-refractivity contribution is 6.33. The summed E-state index contributed by atoms with van der Waals surface area (Å²) < 4.78 is 5.40. The van der Waals surface area contributed by atoms with Gasteiger partial charge in [-0.05, 0) is 30.9 Å². The van der Waals surface area contributed by atoms with E-state index < -0.39 is 5.97 Å². The van der Waals surface area contributed by atoms with Gasteiger partial charge in [0.1, 0.15) is 0 Å². The summed E-state index contributed by atoms with van der Waals surface area (Å²) in [6, 6.07) is 5.48. The minimum Gasteiger partial charge on any atom is -0.475 e. The van der Waals surface area contributed by atoms with Crippen molar-refractivity contribution in [1.82, 2.24) is 4.98 Å². The van der Waals surface area contributed by atoms with Crippen molar-refractivity contribution in [2.75, 3.05) is 0 Å². The van der Waals surface area contributed by atoms with Gasteiger partial charge >= 0.3 is 5.97 Å². The highest BCUT2D eigenvalue weighted by Gasteiger charge is 2.22. The van der Waals surface area contributed by atoms with Crippen molar-refractivity contribution in [3.8, 4) is 11.5 Å². The molecule has 0 bridgehead atoms. The molecule has 2 aromatic rings. The Balaban J connectivity index is 2.53. The lowest BCUT2D eigenvalue weighted by atomic mass is 10.1. The molecular formula is C15H16ClNO3. The van der Waals surface area contributed by atoms with Crippen LogP contribution in [0.2, 0.25) is 5.02 Å². The van der Waals surface area contributed by atoms with Crippen molar-refractivity contribution < 1.29 is 14.3 Å². The molecule has 1 N–H and O–H groups in total. The van der Waals surface area contributed by atoms with Crippen molar-refractivity contribution in [2.45, 2.75) is 27.2 Å². The predicted molar refractivity (Wildman–Crippen MR) is 77.2 cm³/mol. The highest BCUT2D eigenvalue weighted by Crippen LogP contribution is 2.31. The first kappa shape index (κ1) is 14.6. The van der Waals surface area contributed by atoms with E-state index in [9.17, 15) is 9.90 Å². The molecule has 4 nitrogen and oxygen atoms in total. The maximum absolute atomic E-state index is 11.2. The van der Waals surface area contributed by atoms with Gasteiger partial charge in [-0.15, -0.1) is 0 Å². The summed E-state index contributed by atoms with van der Waals surface area (Å²) in [4.78, 5) is 15.5. The number of aromatic carboxylic acids is 1. The highest BCUT2D eigenvalue weighted by atomic mass is 35.5. The summed E-state index contributed by atoms with van der Waals surface area (Å²) in [7, 11) is 0. The SMILES string of the molecule is Cc1cccc(-c2nc(CC(C)C)c(C(=O)O)o2)c1Cl. The number of rotatable bonds is 4. The molecule has 0 radical (unpaired) electrons. The third-order valence-electron chi connectivity index (χ3n) is 2.92. The Morgan fingerprint density at radius 2 is 2.15 bits per heavy atom. The van der Waals surface area contributed by atoms with Crippen LogP contribution in [0.1, 0.15) is 35.7 Å². The van der Waals surface area contributed by atoms with Gasteiger partial charge in [0, 0.05) is 0 Å². The smallest absolute Gasteiger partial charge is 0.373 e. The molecule has 0 saturated carbocycles. The normalized spacial score (nSPS) is 11.1. The fourth-order valence-electron chi connectivity index (χ4n) is 1.97. The van der Waals surface area contributed by atoms with E-state index in [0.29, 0.717) is 28.6 Å². The van der Waals surface area contributed by atoms with Gasteiger partial charge in [-0.2, -0.15) is 0 Å². The molecule has 0 aliphatic carbocycles. The van der Waals surface area contributed by atoms with E-state index in [0.717, 1.165) is 5.56 Å². The van der Waals surface area contributed by atoms with Crippen LogP contribution >= 0.6 is 11.6 Å². The molecule has 0 spiro atoms. The summed E-state index contributed by atoms with van der Waals surface area (Å²) in [5, 5.41) is 9.73. The van der Waals surface area contributed by atoms with Crippen molar-refractivity contribution in [3.05, 3.63) is 40.2 Å². The summed E-state index contributed by atoms with van der Waals surface area (Å²) in [6.07, 6.45) is 0.550. The molecular weight excluding hydrogens is 278 g/mol. The van der Waals surface area contributed by atoms with Gasteiger partial charge in [0.25, 0.3) is 0 Å². The van der Waals surface area contributed by atoms with E-state index in [2.05, 4.69) is 4.98 Å². The van der Waals surface area contributed by atoms with Crippen LogP contribution in [0.3, 0.4) is 0 Å². The number of hydrogen-bond acceptors (Lipinski definition) is 3. The monoisotopic (exact) mass is 293 g/mol. The van der Waals surface area contributed by atoms with E-state index in [1.54, 1.807) is 6.07 Å². The molecule has 106 valence electrons. The number of carboxylic acid groups (broad SMARTS) is 1. The molecule has 0 aliphatic rings. The van der Waals surface area contributed by atoms with Crippen molar-refractivity contribution in [2.24, 2.45) is 5.92 Å². The molecule has 1 aromatic carbocycles. The maximum Gasteiger partial charge on any atom is 0.373 e. The van der Waals surface area contributed by atoms with Crippen LogP contribution in [0, 0.1) is 12.8 Å². The van der Waals surface area contributed by atoms with E-state index in [-0.39, 0.29) is 11.7 Å². The van der Waals surface area contributed by atoms with Crippen LogP contribution in [-0.2, 0) is 6.42 Å². The zero-order chi connectivity index (χ0) is 14.9. The number of nitrogens with zero attached hydrogens (tertiary/aromatic N) is 1. The van der Waals surface area contributed by atoms with E-state index in [4.69, 9.17) is 16.0 Å². The Kier molecular flexibility index (Phi) is 4.14. The lowest BCUT2D eigenvalue weighted by molar-refractivity contribution is 0.0661. The topological polar surface area (TPSA) is 63.3 Å². The van der Waals surface area contributed by atoms with Crippen molar-refractivity contribution in [1.29, 1.82) is 0 Å². The van der Waals surface area contributed by atoms with Crippen molar-refractivity contribution in [3.63, 3.8) is 0 Å². The number of aromatic nitrogens is 1. The van der Waals surface area contributed by atoms with Gasteiger partial charge in [-0.25, -0.2) is 9.78 Å². The Morgan fingerprint density at radius 3 is 2.75 bits per heavy atom. The molecule has 20 heavy (non-hydrogen) atoms. The van der Waals surface area contributed by atoms with Gasteiger partial charge in [0.05, 0.1) is 16.3 Å². The molecule has 0 amide bonds. The molecule has 0 atom stereocenters. The van der Waals surface area contributed by atoms with E-state index in [1.807, 2.05) is 32.9 Å². The summed E-state index contributed by atoms with van der Waals surface area (Å²) in [5.74, 6) is -0.666. The Morgan fingerprint density at radius 1 is 1.45 bits per heavy atom. The molecule has 0 saturated heterocycles. The number of hydrogen-bond donors (Lipinski definition) is 1.